The molecule has 0 aliphatic rings. The number of hydrogen-bond donors (Lipinski definition) is 2. The zero-order valence-electron chi connectivity index (χ0n) is 13.0. The molecule has 3 rings (SSSR count). The van der Waals surface area contributed by atoms with Gasteiger partial charge in [0.25, 0.3) is 0 Å². The van der Waals surface area contributed by atoms with E-state index in [2.05, 4.69) is 15.2 Å². The second-order valence-corrected chi connectivity index (χ2v) is 5.26. The van der Waals surface area contributed by atoms with Crippen LogP contribution < -0.4 is 4.74 Å². The molecule has 6 heteroatoms. The van der Waals surface area contributed by atoms with Crippen LogP contribution in [0.25, 0.3) is 11.4 Å². The summed E-state index contributed by atoms with van der Waals surface area (Å²) in [5.74, 6) is -0.213. The summed E-state index contributed by atoms with van der Waals surface area (Å²) in [6.45, 7) is 0.499. The normalized spacial score (nSPS) is 10.5. The van der Waals surface area contributed by atoms with E-state index in [9.17, 15) is 4.79 Å². The van der Waals surface area contributed by atoms with Crippen molar-refractivity contribution in [1.29, 1.82) is 0 Å². The van der Waals surface area contributed by atoms with Crippen molar-refractivity contribution in [3.05, 3.63) is 66.0 Å². The van der Waals surface area contributed by atoms with Gasteiger partial charge in [-0.25, -0.2) is 4.79 Å². The second-order valence-electron chi connectivity index (χ2n) is 5.26. The highest BCUT2D eigenvalue weighted by Crippen LogP contribution is 2.17. The zero-order valence-corrected chi connectivity index (χ0v) is 13.0. The summed E-state index contributed by atoms with van der Waals surface area (Å²) in [6, 6.07) is 12.6. The maximum Gasteiger partial charge on any atom is 0.335 e. The van der Waals surface area contributed by atoms with Gasteiger partial charge < -0.3 is 9.84 Å². The standard InChI is InChI=1S/C18H17N3O3/c22-18(23)15-6-2-1-4-13(15)5-3-11-24-14-7-8-16(19-12-14)17-9-10-20-21-17/h1-2,4,6-10,12H,3,5,11H2,(H,20,21)(H,22,23). The van der Waals surface area contributed by atoms with Gasteiger partial charge in [0.2, 0.25) is 0 Å². The summed E-state index contributed by atoms with van der Waals surface area (Å²) in [7, 11) is 0. The third-order valence-electron chi connectivity index (χ3n) is 3.62. The molecule has 0 saturated heterocycles. The Bertz CT molecular complexity index is 799. The summed E-state index contributed by atoms with van der Waals surface area (Å²) in [6.07, 6.45) is 4.73. The Balaban J connectivity index is 1.51. The van der Waals surface area contributed by atoms with Crippen LogP contribution in [-0.4, -0.2) is 32.9 Å². The number of aromatic nitrogens is 3. The number of nitrogens with one attached hydrogen (secondary N) is 1. The minimum atomic E-state index is -0.898. The summed E-state index contributed by atoms with van der Waals surface area (Å²) in [5.41, 5.74) is 2.83. The fraction of sp³-hybridized carbons (Fsp3) is 0.167. The largest absolute Gasteiger partial charge is 0.492 e. The van der Waals surface area contributed by atoms with Crippen molar-refractivity contribution in [1.82, 2.24) is 15.2 Å². The fourth-order valence-electron chi connectivity index (χ4n) is 2.42. The maximum absolute atomic E-state index is 11.2. The van der Waals surface area contributed by atoms with Crippen LogP contribution in [0.4, 0.5) is 0 Å². The van der Waals surface area contributed by atoms with Crippen molar-refractivity contribution in [2.75, 3.05) is 6.61 Å². The molecule has 0 atom stereocenters. The number of pyridine rings is 1. The molecular formula is C18H17N3O3. The van der Waals surface area contributed by atoms with Crippen molar-refractivity contribution >= 4 is 5.97 Å². The van der Waals surface area contributed by atoms with Gasteiger partial charge in [0.15, 0.2) is 0 Å². The first-order chi connectivity index (χ1) is 11.7. The van der Waals surface area contributed by atoms with Gasteiger partial charge in [0, 0.05) is 6.20 Å². The first-order valence-corrected chi connectivity index (χ1v) is 7.64. The van der Waals surface area contributed by atoms with Gasteiger partial charge in [-0.15, -0.1) is 0 Å². The predicted molar refractivity (Wildman–Crippen MR) is 89.0 cm³/mol. The highest BCUT2D eigenvalue weighted by atomic mass is 16.5. The first-order valence-electron chi connectivity index (χ1n) is 7.64. The van der Waals surface area contributed by atoms with Crippen molar-refractivity contribution in [2.24, 2.45) is 0 Å². The van der Waals surface area contributed by atoms with Crippen LogP contribution in [0.5, 0.6) is 5.75 Å². The minimum absolute atomic E-state index is 0.350. The average molecular weight is 323 g/mol. The van der Waals surface area contributed by atoms with Crippen LogP contribution in [-0.2, 0) is 6.42 Å². The van der Waals surface area contributed by atoms with Gasteiger partial charge in [-0.3, -0.25) is 10.1 Å². The van der Waals surface area contributed by atoms with Crippen LogP contribution in [0.15, 0.2) is 54.9 Å². The van der Waals surface area contributed by atoms with E-state index in [1.807, 2.05) is 30.3 Å². The number of carboxylic acid groups (broad SMARTS) is 1. The molecule has 122 valence electrons. The number of nitrogens with zero attached hydrogens (tertiary/aromatic N) is 2. The van der Waals surface area contributed by atoms with E-state index < -0.39 is 5.97 Å². The Kier molecular flexibility index (Phi) is 4.86. The number of aryl methyl sites for hydroxylation is 1. The third kappa shape index (κ3) is 3.78. The number of hydrogen-bond acceptors (Lipinski definition) is 4. The van der Waals surface area contributed by atoms with Crippen LogP contribution in [0.3, 0.4) is 0 Å². The molecule has 0 spiro atoms. The SMILES string of the molecule is O=C(O)c1ccccc1CCCOc1ccc(-c2ccn[nH]2)nc1. The number of H-pyrrole nitrogens is 1. The number of rotatable bonds is 7. The van der Waals surface area contributed by atoms with Gasteiger partial charge >= 0.3 is 5.97 Å². The van der Waals surface area contributed by atoms with Crippen LogP contribution >= 0.6 is 0 Å². The molecule has 24 heavy (non-hydrogen) atoms. The summed E-state index contributed by atoms with van der Waals surface area (Å²) in [4.78, 5) is 15.5. The number of aromatic carboxylic acids is 1. The molecule has 0 aliphatic carbocycles. The molecule has 1 aromatic carbocycles. The lowest BCUT2D eigenvalue weighted by Crippen LogP contribution is -2.05. The summed E-state index contributed by atoms with van der Waals surface area (Å²) in [5, 5.41) is 15.9. The number of carbonyl (C=O) groups is 1. The van der Waals surface area contributed by atoms with Crippen LogP contribution in [0, 0.1) is 0 Å². The van der Waals surface area contributed by atoms with E-state index in [0.29, 0.717) is 24.3 Å². The molecule has 2 aromatic heterocycles. The van der Waals surface area contributed by atoms with E-state index in [-0.39, 0.29) is 0 Å². The molecule has 0 fully saturated rings. The fourth-order valence-corrected chi connectivity index (χ4v) is 2.42. The third-order valence-corrected chi connectivity index (χ3v) is 3.62. The molecule has 0 amide bonds. The minimum Gasteiger partial charge on any atom is -0.492 e. The van der Waals surface area contributed by atoms with Gasteiger partial charge in [0.1, 0.15) is 5.75 Å². The Morgan fingerprint density at radius 2 is 2.04 bits per heavy atom. The van der Waals surface area contributed by atoms with E-state index in [1.54, 1.807) is 24.5 Å². The van der Waals surface area contributed by atoms with Crippen LogP contribution in [0.2, 0.25) is 0 Å². The van der Waals surface area contributed by atoms with E-state index >= 15 is 0 Å². The number of benzene rings is 1. The van der Waals surface area contributed by atoms with Crippen molar-refractivity contribution in [3.63, 3.8) is 0 Å². The second kappa shape index (κ2) is 7.41. The molecule has 0 bridgehead atoms. The van der Waals surface area contributed by atoms with Crippen molar-refractivity contribution in [3.8, 4) is 17.1 Å². The van der Waals surface area contributed by atoms with Gasteiger partial charge in [-0.05, 0) is 42.7 Å². The average Bonchev–Trinajstić information content (AvgIpc) is 3.14. The van der Waals surface area contributed by atoms with E-state index in [4.69, 9.17) is 9.84 Å². The lowest BCUT2D eigenvalue weighted by atomic mass is 10.0. The molecule has 0 radical (unpaired) electrons. The maximum atomic E-state index is 11.2. The highest BCUT2D eigenvalue weighted by Gasteiger charge is 2.08. The monoisotopic (exact) mass is 323 g/mol. The van der Waals surface area contributed by atoms with E-state index in [1.165, 1.54) is 0 Å². The Labute approximate surface area is 139 Å². The predicted octanol–water partition coefficient (Wildman–Crippen LogP) is 3.18. The molecule has 0 unspecified atom stereocenters. The van der Waals surface area contributed by atoms with Gasteiger partial charge in [-0.2, -0.15) is 5.10 Å². The lowest BCUT2D eigenvalue weighted by Gasteiger charge is -2.08. The molecular weight excluding hydrogens is 306 g/mol. The quantitative estimate of drug-likeness (QED) is 0.652. The number of ether oxygens (including phenoxy) is 1. The molecule has 2 N–H and O–H groups in total. The Morgan fingerprint density at radius 3 is 2.75 bits per heavy atom. The molecule has 6 nitrogen and oxygen atoms in total. The zero-order chi connectivity index (χ0) is 16.8. The molecule has 0 aliphatic heterocycles. The number of carboxylic acids is 1. The van der Waals surface area contributed by atoms with Crippen molar-refractivity contribution in [2.45, 2.75) is 12.8 Å². The highest BCUT2D eigenvalue weighted by molar-refractivity contribution is 5.89. The van der Waals surface area contributed by atoms with Crippen LogP contribution in [0.1, 0.15) is 22.3 Å². The number of aromatic amines is 1. The lowest BCUT2D eigenvalue weighted by molar-refractivity contribution is 0.0695. The van der Waals surface area contributed by atoms with Gasteiger partial charge in [-0.1, -0.05) is 18.2 Å². The Hall–Kier alpha value is -3.15. The summed E-state index contributed by atoms with van der Waals surface area (Å²) < 4.78 is 5.66. The summed E-state index contributed by atoms with van der Waals surface area (Å²) >= 11 is 0. The molecule has 0 saturated carbocycles. The smallest absolute Gasteiger partial charge is 0.335 e. The van der Waals surface area contributed by atoms with E-state index in [0.717, 1.165) is 23.4 Å². The topological polar surface area (TPSA) is 88.1 Å². The van der Waals surface area contributed by atoms with Gasteiger partial charge in [0.05, 0.1) is 29.8 Å². The van der Waals surface area contributed by atoms with Crippen molar-refractivity contribution < 1.29 is 14.6 Å². The molecule has 3 aromatic rings. The first kappa shape index (κ1) is 15.7. The Morgan fingerprint density at radius 1 is 1.17 bits per heavy atom. The molecule has 2 heterocycles.